The van der Waals surface area contributed by atoms with E-state index in [-0.39, 0.29) is 32.0 Å². The molecule has 1 N–H and O–H groups in total. The topological polar surface area (TPSA) is 131 Å². The second kappa shape index (κ2) is 18.9. The lowest BCUT2D eigenvalue weighted by atomic mass is 10.1. The van der Waals surface area contributed by atoms with Gasteiger partial charge in [-0.2, -0.15) is 0 Å². The molecule has 2 unspecified atom stereocenters. The Morgan fingerprint density at radius 2 is 1.35 bits per heavy atom. The van der Waals surface area contributed by atoms with Crippen LogP contribution in [0.1, 0.15) is 98.4 Å². The van der Waals surface area contributed by atoms with E-state index in [1.165, 1.54) is 0 Å². The lowest BCUT2D eigenvalue weighted by molar-refractivity contribution is -0.171. The summed E-state index contributed by atoms with van der Waals surface area (Å²) in [7, 11) is 0. The minimum Gasteiger partial charge on any atom is -0.461 e. The highest BCUT2D eigenvalue weighted by molar-refractivity contribution is 5.77. The van der Waals surface area contributed by atoms with Gasteiger partial charge in [0.05, 0.1) is 23.5 Å². The number of carbonyl (C=O) groups excluding carboxylic acids is 3. The third-order valence-electron chi connectivity index (χ3n) is 7.83. The van der Waals surface area contributed by atoms with Crippen molar-refractivity contribution in [3.05, 3.63) is 65.5 Å². The average Bonchev–Trinajstić information content (AvgIpc) is 3.09. The maximum absolute atomic E-state index is 13.8. The molecule has 0 aliphatic carbocycles. The smallest absolute Gasteiger partial charge is 0.323 e. The van der Waals surface area contributed by atoms with Gasteiger partial charge in [0.1, 0.15) is 23.9 Å². The van der Waals surface area contributed by atoms with Gasteiger partial charge in [0.15, 0.2) is 6.29 Å². The van der Waals surface area contributed by atoms with E-state index in [9.17, 15) is 19.5 Å². The standard InChI is InChI=1S/C39H60N4O8/c1-37(2,3)49-34(45)27-42-21-20-41(26-30-16-13-17-31(40-30)35(46)50-38(4,5)6)22-24-43(25-23-42)32(36(47)51-39(7,8)9)18-19-33(44)48-28-29-14-11-10-12-15-29/h10-17,32,35,46H,18-28H2,1-9H3. The van der Waals surface area contributed by atoms with Gasteiger partial charge < -0.3 is 24.1 Å². The molecule has 0 bridgehead atoms. The van der Waals surface area contributed by atoms with Gasteiger partial charge in [-0.05, 0) is 86.4 Å². The lowest BCUT2D eigenvalue weighted by Gasteiger charge is -2.33. The first-order valence-electron chi connectivity index (χ1n) is 17.9. The third kappa shape index (κ3) is 16.6. The van der Waals surface area contributed by atoms with Crippen LogP contribution in [0.25, 0.3) is 0 Å². The number of rotatable bonds is 13. The van der Waals surface area contributed by atoms with Crippen molar-refractivity contribution in [2.45, 2.75) is 117 Å². The van der Waals surface area contributed by atoms with Crippen molar-refractivity contribution in [2.24, 2.45) is 0 Å². The molecule has 0 amide bonds. The van der Waals surface area contributed by atoms with Crippen LogP contribution in [0, 0.1) is 0 Å². The van der Waals surface area contributed by atoms with Gasteiger partial charge in [0, 0.05) is 52.2 Å². The Hall–Kier alpha value is -3.42. The molecule has 2 atom stereocenters. The first-order valence-corrected chi connectivity index (χ1v) is 17.9. The van der Waals surface area contributed by atoms with Crippen LogP contribution in [0.15, 0.2) is 48.5 Å². The van der Waals surface area contributed by atoms with E-state index >= 15 is 0 Å². The summed E-state index contributed by atoms with van der Waals surface area (Å²) in [4.78, 5) is 50.6. The Morgan fingerprint density at radius 3 is 1.98 bits per heavy atom. The second-order valence-electron chi connectivity index (χ2n) is 16.0. The van der Waals surface area contributed by atoms with Crippen molar-refractivity contribution >= 4 is 17.9 Å². The van der Waals surface area contributed by atoms with Gasteiger partial charge in [-0.1, -0.05) is 36.4 Å². The summed E-state index contributed by atoms with van der Waals surface area (Å²) in [6, 6.07) is 14.2. The van der Waals surface area contributed by atoms with Gasteiger partial charge in [-0.3, -0.25) is 34.1 Å². The number of aliphatic hydroxyl groups is 1. The van der Waals surface area contributed by atoms with Crippen LogP contribution in [-0.2, 0) is 46.5 Å². The highest BCUT2D eigenvalue weighted by atomic mass is 16.6. The summed E-state index contributed by atoms with van der Waals surface area (Å²) in [5, 5.41) is 10.7. The fourth-order valence-corrected chi connectivity index (χ4v) is 5.57. The molecule has 1 aliphatic rings. The number of benzene rings is 1. The Labute approximate surface area is 304 Å². The van der Waals surface area contributed by atoms with Crippen molar-refractivity contribution in [1.29, 1.82) is 0 Å². The Bertz CT molecular complexity index is 1400. The predicted octanol–water partition coefficient (Wildman–Crippen LogP) is 4.88. The number of aliphatic hydroxyl groups excluding tert-OH is 1. The molecule has 3 rings (SSSR count). The number of ether oxygens (including phenoxy) is 4. The summed E-state index contributed by atoms with van der Waals surface area (Å²) in [6.07, 6.45) is -0.924. The van der Waals surface area contributed by atoms with Crippen LogP contribution < -0.4 is 0 Å². The second-order valence-corrected chi connectivity index (χ2v) is 16.0. The summed E-state index contributed by atoms with van der Waals surface area (Å²) in [5.74, 6) is -1.13. The molecule has 284 valence electrons. The summed E-state index contributed by atoms with van der Waals surface area (Å²) < 4.78 is 22.8. The van der Waals surface area contributed by atoms with Crippen molar-refractivity contribution in [3.63, 3.8) is 0 Å². The van der Waals surface area contributed by atoms with Crippen LogP contribution in [-0.4, -0.2) is 111 Å². The zero-order valence-electron chi connectivity index (χ0n) is 32.1. The third-order valence-corrected chi connectivity index (χ3v) is 7.83. The van der Waals surface area contributed by atoms with Gasteiger partial charge in [0.2, 0.25) is 0 Å². The maximum atomic E-state index is 13.8. The van der Waals surface area contributed by atoms with Crippen molar-refractivity contribution < 1.29 is 38.4 Å². The Kier molecular flexibility index (Phi) is 15.6. The van der Waals surface area contributed by atoms with E-state index in [1.807, 2.05) is 115 Å². The molecule has 1 aromatic heterocycles. The van der Waals surface area contributed by atoms with Crippen molar-refractivity contribution in [1.82, 2.24) is 19.7 Å². The van der Waals surface area contributed by atoms with Gasteiger partial charge >= 0.3 is 17.9 Å². The van der Waals surface area contributed by atoms with Gasteiger partial charge in [0.25, 0.3) is 0 Å². The summed E-state index contributed by atoms with van der Waals surface area (Å²) in [6.45, 7) is 20.5. The molecule has 0 spiro atoms. The van der Waals surface area contributed by atoms with E-state index in [0.29, 0.717) is 51.5 Å². The fourth-order valence-electron chi connectivity index (χ4n) is 5.57. The molecule has 1 aliphatic heterocycles. The number of nitrogens with zero attached hydrogens (tertiary/aromatic N) is 4. The number of aromatic nitrogens is 1. The molecular formula is C39H60N4O8. The van der Waals surface area contributed by atoms with Gasteiger partial charge in [-0.25, -0.2) is 0 Å². The van der Waals surface area contributed by atoms with Crippen LogP contribution >= 0.6 is 0 Å². The number of pyridine rings is 1. The fraction of sp³-hybridized carbons (Fsp3) is 0.641. The Morgan fingerprint density at radius 1 is 0.745 bits per heavy atom. The van der Waals surface area contributed by atoms with Crippen molar-refractivity contribution in [2.75, 3.05) is 45.8 Å². The highest BCUT2D eigenvalue weighted by Gasteiger charge is 2.33. The van der Waals surface area contributed by atoms with E-state index in [4.69, 9.17) is 23.9 Å². The normalized spacial score (nSPS) is 17.1. The van der Waals surface area contributed by atoms with E-state index < -0.39 is 41.1 Å². The molecule has 12 nitrogen and oxygen atoms in total. The van der Waals surface area contributed by atoms with Crippen LogP contribution in [0.2, 0.25) is 0 Å². The molecule has 2 aromatic rings. The number of esters is 3. The summed E-state index contributed by atoms with van der Waals surface area (Å²) >= 11 is 0. The van der Waals surface area contributed by atoms with Crippen LogP contribution in [0.4, 0.5) is 0 Å². The zero-order valence-corrected chi connectivity index (χ0v) is 32.1. The highest BCUT2D eigenvalue weighted by Crippen LogP contribution is 2.21. The Balaban J connectivity index is 1.83. The molecule has 12 heteroatoms. The molecule has 1 fully saturated rings. The molecule has 0 saturated carbocycles. The van der Waals surface area contributed by atoms with E-state index in [0.717, 1.165) is 11.3 Å². The summed E-state index contributed by atoms with van der Waals surface area (Å²) in [5.41, 5.74) is 0.153. The van der Waals surface area contributed by atoms with Gasteiger partial charge in [-0.15, -0.1) is 0 Å². The molecular weight excluding hydrogens is 652 g/mol. The van der Waals surface area contributed by atoms with E-state index in [2.05, 4.69) is 4.90 Å². The quantitative estimate of drug-likeness (QED) is 0.173. The maximum Gasteiger partial charge on any atom is 0.323 e. The zero-order chi connectivity index (χ0) is 37.8. The average molecular weight is 713 g/mol. The first kappa shape index (κ1) is 42.0. The minimum atomic E-state index is -1.17. The predicted molar refractivity (Wildman–Crippen MR) is 194 cm³/mol. The van der Waals surface area contributed by atoms with Crippen LogP contribution in [0.3, 0.4) is 0 Å². The monoisotopic (exact) mass is 712 g/mol. The number of hydrogen-bond donors (Lipinski definition) is 1. The SMILES string of the molecule is CC(C)(C)OC(=O)CN1CCN(Cc2cccc(C(O)OC(C)(C)C)n2)CCN(C(CCC(=O)OCc2ccccc2)C(=O)OC(C)(C)C)CC1. The molecule has 0 radical (unpaired) electrons. The molecule has 2 heterocycles. The largest absolute Gasteiger partial charge is 0.461 e. The van der Waals surface area contributed by atoms with E-state index in [1.54, 1.807) is 6.07 Å². The first-order chi connectivity index (χ1) is 23.8. The van der Waals surface area contributed by atoms with Crippen molar-refractivity contribution in [3.8, 4) is 0 Å². The minimum absolute atomic E-state index is 0.0360. The molecule has 1 saturated heterocycles. The van der Waals surface area contributed by atoms with Crippen LogP contribution in [0.5, 0.6) is 0 Å². The number of carbonyl (C=O) groups is 3. The lowest BCUT2D eigenvalue weighted by Crippen LogP contribution is -2.49. The number of hydrogen-bond acceptors (Lipinski definition) is 12. The molecule has 51 heavy (non-hydrogen) atoms. The molecule has 1 aromatic carbocycles.